The van der Waals surface area contributed by atoms with Crippen LogP contribution >= 0.6 is 0 Å². The third-order valence-electron chi connectivity index (χ3n) is 5.78. The van der Waals surface area contributed by atoms with Gasteiger partial charge in [0.25, 0.3) is 0 Å². The maximum absolute atomic E-state index is 12.9. The third-order valence-corrected chi connectivity index (χ3v) is 7.53. The molecule has 10 nitrogen and oxygen atoms in total. The summed E-state index contributed by atoms with van der Waals surface area (Å²) in [4.78, 5) is 16.4. The standard InChI is InChI=1S/C26H22N4O6S2/c1-36-26-23(16-31)29(25(28-26)18-8-4-3-5-9-18)15-20-13-12-19(14-24(20)38(2,34)35)21-10-6-7-11-22(21)30(17-27)37(32)33/h3-14,16H,15H2,1-2H3,(H,32,33)/p-1. The normalized spacial score (nSPS) is 11.9. The van der Waals surface area contributed by atoms with E-state index in [1.54, 1.807) is 41.1 Å². The van der Waals surface area contributed by atoms with Crippen LogP contribution in [0.1, 0.15) is 16.1 Å². The predicted octanol–water partition coefficient (Wildman–Crippen LogP) is 3.57. The van der Waals surface area contributed by atoms with Gasteiger partial charge in [-0.2, -0.15) is 10.2 Å². The van der Waals surface area contributed by atoms with Crippen molar-refractivity contribution in [2.45, 2.75) is 11.4 Å². The average molecular weight is 550 g/mol. The van der Waals surface area contributed by atoms with E-state index in [4.69, 9.17) is 4.74 Å². The number of benzene rings is 3. The number of ether oxygens (including phenoxy) is 1. The molecule has 4 aromatic rings. The molecule has 0 spiro atoms. The molecular weight excluding hydrogens is 528 g/mol. The molecular formula is C26H21N4O6S2-. The summed E-state index contributed by atoms with van der Waals surface area (Å²) in [6, 6.07) is 20.0. The molecule has 4 rings (SSSR count). The van der Waals surface area contributed by atoms with E-state index in [1.165, 1.54) is 19.2 Å². The number of carbonyl (C=O) groups excluding carboxylic acids is 1. The molecule has 1 heterocycles. The van der Waals surface area contributed by atoms with Gasteiger partial charge in [0.2, 0.25) is 5.88 Å². The SMILES string of the molecule is COc1nc(-c2ccccc2)n(Cc2ccc(-c3ccccc3N(C#N)S(=O)[O-])cc2S(C)(=O)=O)c1C=O. The molecule has 0 radical (unpaired) electrons. The molecule has 0 aliphatic carbocycles. The molecule has 0 aliphatic heterocycles. The number of methoxy groups -OCH3 is 1. The van der Waals surface area contributed by atoms with Crippen LogP contribution in [0.3, 0.4) is 0 Å². The summed E-state index contributed by atoms with van der Waals surface area (Å²) in [5.74, 6) is 0.522. The first-order valence-electron chi connectivity index (χ1n) is 11.1. The molecule has 0 aliphatic rings. The van der Waals surface area contributed by atoms with Crippen molar-refractivity contribution in [3.8, 4) is 34.6 Å². The van der Waals surface area contributed by atoms with E-state index in [-0.39, 0.29) is 28.7 Å². The van der Waals surface area contributed by atoms with Gasteiger partial charge in [0.1, 0.15) is 11.5 Å². The van der Waals surface area contributed by atoms with Crippen molar-refractivity contribution in [3.63, 3.8) is 0 Å². The minimum atomic E-state index is -3.79. The van der Waals surface area contributed by atoms with Crippen molar-refractivity contribution in [1.82, 2.24) is 9.55 Å². The Morgan fingerprint density at radius 2 is 1.79 bits per heavy atom. The van der Waals surface area contributed by atoms with Crippen LogP contribution in [0.15, 0.2) is 77.7 Å². The summed E-state index contributed by atoms with van der Waals surface area (Å²) in [7, 11) is -2.40. The van der Waals surface area contributed by atoms with Crippen molar-refractivity contribution in [1.29, 1.82) is 5.26 Å². The molecule has 0 fully saturated rings. The number of nitrogens with zero attached hydrogens (tertiary/aromatic N) is 4. The Hall–Kier alpha value is -4.31. The Morgan fingerprint density at radius 1 is 1.11 bits per heavy atom. The highest BCUT2D eigenvalue weighted by atomic mass is 32.2. The number of nitriles is 1. The summed E-state index contributed by atoms with van der Waals surface area (Å²) < 4.78 is 56.4. The first-order chi connectivity index (χ1) is 18.2. The molecule has 1 aromatic heterocycles. The first-order valence-corrected chi connectivity index (χ1v) is 14.0. The number of sulfone groups is 1. The second-order valence-corrected chi connectivity index (χ2v) is 10.9. The summed E-state index contributed by atoms with van der Waals surface area (Å²) in [5, 5.41) is 9.34. The van der Waals surface area contributed by atoms with Crippen LogP contribution in [0.2, 0.25) is 0 Å². The van der Waals surface area contributed by atoms with Crippen molar-refractivity contribution in [2.24, 2.45) is 0 Å². The number of para-hydroxylation sites is 1. The Kier molecular flexibility index (Phi) is 7.72. The Morgan fingerprint density at radius 3 is 2.39 bits per heavy atom. The van der Waals surface area contributed by atoms with Gasteiger partial charge >= 0.3 is 0 Å². The fourth-order valence-corrected chi connectivity index (χ4v) is 5.44. The van der Waals surface area contributed by atoms with Crippen LogP contribution in [0.25, 0.3) is 22.5 Å². The summed E-state index contributed by atoms with van der Waals surface area (Å²) in [6.07, 6.45) is 3.26. The van der Waals surface area contributed by atoms with E-state index in [2.05, 4.69) is 4.98 Å². The number of hydrogen-bond donors (Lipinski definition) is 0. The summed E-state index contributed by atoms with van der Waals surface area (Å²) >= 11 is -2.87. The van der Waals surface area contributed by atoms with E-state index < -0.39 is 21.1 Å². The minimum absolute atomic E-state index is 0.0200. The van der Waals surface area contributed by atoms with Gasteiger partial charge in [-0.05, 0) is 23.3 Å². The molecule has 38 heavy (non-hydrogen) atoms. The zero-order valence-corrected chi connectivity index (χ0v) is 21.9. The van der Waals surface area contributed by atoms with Gasteiger partial charge in [-0.15, -0.1) is 0 Å². The van der Waals surface area contributed by atoms with Gasteiger partial charge in [-0.25, -0.2) is 12.7 Å². The van der Waals surface area contributed by atoms with Gasteiger partial charge in [-0.1, -0.05) is 60.7 Å². The molecule has 0 bridgehead atoms. The number of anilines is 1. The lowest BCUT2D eigenvalue weighted by Crippen LogP contribution is -2.19. The average Bonchev–Trinajstić information content (AvgIpc) is 3.26. The van der Waals surface area contributed by atoms with Crippen molar-refractivity contribution in [2.75, 3.05) is 17.7 Å². The smallest absolute Gasteiger partial charge is 0.243 e. The fraction of sp³-hybridized carbons (Fsp3) is 0.115. The highest BCUT2D eigenvalue weighted by Gasteiger charge is 2.23. The lowest BCUT2D eigenvalue weighted by Gasteiger charge is -2.21. The molecule has 194 valence electrons. The van der Waals surface area contributed by atoms with Gasteiger partial charge < -0.3 is 13.9 Å². The molecule has 0 amide bonds. The van der Waals surface area contributed by atoms with E-state index in [9.17, 15) is 27.2 Å². The highest BCUT2D eigenvalue weighted by Crippen LogP contribution is 2.35. The van der Waals surface area contributed by atoms with E-state index in [1.807, 2.05) is 30.3 Å². The number of aldehydes is 1. The summed E-state index contributed by atoms with van der Waals surface area (Å²) in [6.45, 7) is -0.0200. The van der Waals surface area contributed by atoms with Crippen LogP contribution in [-0.4, -0.2) is 46.4 Å². The van der Waals surface area contributed by atoms with E-state index in [0.717, 1.165) is 6.26 Å². The van der Waals surface area contributed by atoms with Crippen LogP contribution in [-0.2, 0) is 27.6 Å². The number of aromatic nitrogens is 2. The second kappa shape index (κ2) is 11.0. The van der Waals surface area contributed by atoms with Gasteiger partial charge in [0.15, 0.2) is 22.3 Å². The molecule has 12 heteroatoms. The number of imidazole rings is 1. The Balaban J connectivity index is 1.89. The highest BCUT2D eigenvalue weighted by molar-refractivity contribution is 7.90. The lowest BCUT2D eigenvalue weighted by atomic mass is 10.0. The molecule has 0 saturated heterocycles. The molecule has 0 saturated carbocycles. The number of hydrogen-bond acceptors (Lipinski definition) is 8. The van der Waals surface area contributed by atoms with Gasteiger partial charge in [0.05, 0.1) is 35.5 Å². The first kappa shape index (κ1) is 26.7. The largest absolute Gasteiger partial charge is 0.754 e. The monoisotopic (exact) mass is 549 g/mol. The van der Waals surface area contributed by atoms with Gasteiger partial charge in [-0.3, -0.25) is 9.00 Å². The Labute approximate surface area is 222 Å². The van der Waals surface area contributed by atoms with Crippen LogP contribution in [0.5, 0.6) is 5.88 Å². The zero-order chi connectivity index (χ0) is 27.4. The molecule has 1 atom stereocenters. The molecule has 3 aromatic carbocycles. The van der Waals surface area contributed by atoms with Gasteiger partial charge in [0, 0.05) is 17.4 Å². The molecule has 1 unspecified atom stereocenters. The van der Waals surface area contributed by atoms with Crippen LogP contribution in [0, 0.1) is 11.5 Å². The van der Waals surface area contributed by atoms with Crippen LogP contribution in [0.4, 0.5) is 5.69 Å². The minimum Gasteiger partial charge on any atom is -0.754 e. The van der Waals surface area contributed by atoms with Crippen LogP contribution < -0.4 is 9.04 Å². The maximum Gasteiger partial charge on any atom is 0.243 e. The second-order valence-electron chi connectivity index (χ2n) is 8.12. The third kappa shape index (κ3) is 5.21. The Bertz CT molecular complexity index is 1680. The van der Waals surface area contributed by atoms with Crippen molar-refractivity contribution < 1.29 is 26.7 Å². The predicted molar refractivity (Wildman–Crippen MR) is 141 cm³/mol. The maximum atomic E-state index is 12.9. The fourth-order valence-electron chi connectivity index (χ4n) is 4.11. The number of rotatable bonds is 9. The van der Waals surface area contributed by atoms with Crippen molar-refractivity contribution >= 4 is 33.1 Å². The van der Waals surface area contributed by atoms with E-state index >= 15 is 0 Å². The summed E-state index contributed by atoms with van der Waals surface area (Å²) in [5.41, 5.74) is 2.02. The van der Waals surface area contributed by atoms with Crippen molar-refractivity contribution in [3.05, 3.63) is 84.1 Å². The number of carbonyl (C=O) groups is 1. The topological polar surface area (TPSA) is 145 Å². The lowest BCUT2D eigenvalue weighted by molar-refractivity contribution is 0.111. The zero-order valence-electron chi connectivity index (χ0n) is 20.3. The molecule has 0 N–H and O–H groups in total. The van der Waals surface area contributed by atoms with E-state index in [0.29, 0.717) is 38.7 Å². The quantitative estimate of drug-likeness (QED) is 0.133.